The molecule has 5 heteroatoms. The lowest BCUT2D eigenvalue weighted by atomic mass is 10.0. The fraction of sp³-hybridized carbons (Fsp3) is 0.571. The Balaban J connectivity index is 2.31. The van der Waals surface area contributed by atoms with Gasteiger partial charge < -0.3 is 14.2 Å². The molecule has 0 aliphatic carbocycles. The van der Waals surface area contributed by atoms with E-state index in [1.54, 1.807) is 20.3 Å². The van der Waals surface area contributed by atoms with Gasteiger partial charge in [-0.15, -0.1) is 11.6 Å². The molecule has 0 N–H and O–H groups in total. The van der Waals surface area contributed by atoms with Crippen molar-refractivity contribution in [1.82, 2.24) is 0 Å². The van der Waals surface area contributed by atoms with Crippen LogP contribution in [0.5, 0.6) is 11.5 Å². The van der Waals surface area contributed by atoms with E-state index >= 15 is 0 Å². The molecule has 1 fully saturated rings. The van der Waals surface area contributed by atoms with Crippen molar-refractivity contribution in [2.24, 2.45) is 0 Å². The molecule has 1 saturated heterocycles. The van der Waals surface area contributed by atoms with Crippen molar-refractivity contribution in [2.75, 3.05) is 14.2 Å². The van der Waals surface area contributed by atoms with Gasteiger partial charge in [-0.05, 0) is 31.9 Å². The zero-order valence-corrected chi connectivity index (χ0v) is 12.8. The van der Waals surface area contributed by atoms with Crippen LogP contribution in [-0.2, 0) is 4.74 Å². The van der Waals surface area contributed by atoms with Crippen LogP contribution in [0.15, 0.2) is 12.1 Å². The van der Waals surface area contributed by atoms with Crippen LogP contribution in [0, 0.1) is 0 Å². The van der Waals surface area contributed by atoms with Gasteiger partial charge in [0, 0.05) is 5.56 Å². The van der Waals surface area contributed by atoms with Crippen LogP contribution in [0.4, 0.5) is 0 Å². The normalized spacial score (nSPS) is 24.3. The minimum absolute atomic E-state index is 0.00460. The van der Waals surface area contributed by atoms with Gasteiger partial charge in [0.2, 0.25) is 0 Å². The molecule has 1 heterocycles. The Morgan fingerprint density at radius 3 is 2.53 bits per heavy atom. The van der Waals surface area contributed by atoms with Crippen molar-refractivity contribution in [3.8, 4) is 11.5 Å². The summed E-state index contributed by atoms with van der Waals surface area (Å²) in [6.45, 7) is 2.06. The smallest absolute Gasteiger partial charge is 0.146 e. The molecule has 1 aliphatic rings. The maximum atomic E-state index is 6.52. The average molecular weight is 305 g/mol. The van der Waals surface area contributed by atoms with Gasteiger partial charge in [0.1, 0.15) is 16.5 Å². The molecule has 1 aromatic carbocycles. The lowest BCUT2D eigenvalue weighted by Crippen LogP contribution is -2.15. The van der Waals surface area contributed by atoms with Crippen molar-refractivity contribution >= 4 is 23.2 Å². The van der Waals surface area contributed by atoms with Crippen molar-refractivity contribution in [3.05, 3.63) is 22.7 Å². The maximum absolute atomic E-state index is 6.52. The number of ether oxygens (including phenoxy) is 3. The molecular formula is C14H18Cl2O3. The summed E-state index contributed by atoms with van der Waals surface area (Å²) in [5, 5.41) is 0.169. The van der Waals surface area contributed by atoms with Crippen LogP contribution in [0.25, 0.3) is 0 Å². The predicted molar refractivity (Wildman–Crippen MR) is 76.7 cm³/mol. The van der Waals surface area contributed by atoms with E-state index in [1.807, 2.05) is 6.07 Å². The summed E-state index contributed by atoms with van der Waals surface area (Å²) in [7, 11) is 3.14. The topological polar surface area (TPSA) is 27.7 Å². The van der Waals surface area contributed by atoms with Crippen LogP contribution in [0.2, 0.25) is 5.02 Å². The number of rotatable bonds is 4. The van der Waals surface area contributed by atoms with E-state index in [0.29, 0.717) is 16.5 Å². The number of hydrogen-bond acceptors (Lipinski definition) is 3. The van der Waals surface area contributed by atoms with Crippen LogP contribution in [-0.4, -0.2) is 26.4 Å². The highest BCUT2D eigenvalue weighted by molar-refractivity contribution is 6.34. The molecule has 0 spiro atoms. The van der Waals surface area contributed by atoms with Crippen LogP contribution in [0.3, 0.4) is 0 Å². The van der Waals surface area contributed by atoms with Crippen LogP contribution < -0.4 is 9.47 Å². The van der Waals surface area contributed by atoms with Gasteiger partial charge in [0.25, 0.3) is 0 Å². The fourth-order valence-corrected chi connectivity index (χ4v) is 3.07. The summed E-state index contributed by atoms with van der Waals surface area (Å²) in [6.07, 6.45) is 2.23. The van der Waals surface area contributed by atoms with Gasteiger partial charge in [-0.1, -0.05) is 11.6 Å². The lowest BCUT2D eigenvalue weighted by molar-refractivity contribution is 0.0529. The number of methoxy groups -OCH3 is 2. The third-order valence-corrected chi connectivity index (χ3v) is 4.28. The molecule has 3 nitrogen and oxygen atoms in total. The van der Waals surface area contributed by atoms with E-state index in [1.165, 1.54) is 0 Å². The molecule has 0 saturated carbocycles. The molecule has 0 aromatic heterocycles. The van der Waals surface area contributed by atoms with Gasteiger partial charge in [-0.25, -0.2) is 0 Å². The summed E-state index contributed by atoms with van der Waals surface area (Å²) in [6, 6.07) is 3.68. The summed E-state index contributed by atoms with van der Waals surface area (Å²) in [4.78, 5) is 0. The van der Waals surface area contributed by atoms with E-state index in [9.17, 15) is 0 Å². The highest BCUT2D eigenvalue weighted by Crippen LogP contribution is 2.44. The number of alkyl halides is 1. The van der Waals surface area contributed by atoms with Gasteiger partial charge in [-0.2, -0.15) is 0 Å². The van der Waals surface area contributed by atoms with E-state index in [-0.39, 0.29) is 17.6 Å². The first kappa shape index (κ1) is 14.8. The second-order valence-corrected chi connectivity index (χ2v) is 5.52. The highest BCUT2D eigenvalue weighted by atomic mass is 35.5. The molecule has 3 atom stereocenters. The zero-order chi connectivity index (χ0) is 14.0. The highest BCUT2D eigenvalue weighted by Gasteiger charge is 2.32. The Morgan fingerprint density at radius 1 is 1.26 bits per heavy atom. The van der Waals surface area contributed by atoms with E-state index in [4.69, 9.17) is 37.4 Å². The molecule has 0 bridgehead atoms. The Bertz CT molecular complexity index is 451. The van der Waals surface area contributed by atoms with Gasteiger partial charge in [0.15, 0.2) is 0 Å². The number of benzene rings is 1. The number of hydrogen-bond donors (Lipinski definition) is 0. The monoisotopic (exact) mass is 304 g/mol. The molecule has 2 rings (SSSR count). The molecular weight excluding hydrogens is 287 g/mol. The molecule has 1 aliphatic heterocycles. The molecule has 19 heavy (non-hydrogen) atoms. The first-order chi connectivity index (χ1) is 9.08. The maximum Gasteiger partial charge on any atom is 0.146 e. The Hall–Kier alpha value is -0.640. The van der Waals surface area contributed by atoms with Crippen molar-refractivity contribution in [1.29, 1.82) is 0 Å². The quantitative estimate of drug-likeness (QED) is 0.780. The zero-order valence-electron chi connectivity index (χ0n) is 11.3. The third-order valence-electron chi connectivity index (χ3n) is 3.40. The van der Waals surface area contributed by atoms with Gasteiger partial charge >= 0.3 is 0 Å². The molecule has 106 valence electrons. The molecule has 3 unspecified atom stereocenters. The lowest BCUT2D eigenvalue weighted by Gasteiger charge is -2.21. The second kappa shape index (κ2) is 6.21. The van der Waals surface area contributed by atoms with Crippen molar-refractivity contribution in [2.45, 2.75) is 37.4 Å². The summed E-state index contributed by atoms with van der Waals surface area (Å²) in [5.74, 6) is 1.14. The van der Waals surface area contributed by atoms with E-state index in [2.05, 4.69) is 6.92 Å². The first-order valence-electron chi connectivity index (χ1n) is 6.28. The van der Waals surface area contributed by atoms with Gasteiger partial charge in [-0.3, -0.25) is 0 Å². The van der Waals surface area contributed by atoms with Crippen molar-refractivity contribution in [3.63, 3.8) is 0 Å². The summed E-state index contributed by atoms with van der Waals surface area (Å²) in [5.41, 5.74) is 0.842. The predicted octanol–water partition coefficient (Wildman–Crippen LogP) is 4.20. The Labute approximate surface area is 123 Å². The second-order valence-electron chi connectivity index (χ2n) is 4.67. The summed E-state index contributed by atoms with van der Waals surface area (Å²) >= 11 is 12.8. The minimum atomic E-state index is -0.275. The molecule has 0 radical (unpaired) electrons. The van der Waals surface area contributed by atoms with Crippen molar-refractivity contribution < 1.29 is 14.2 Å². The SMILES string of the molecule is COc1ccc(C(Cl)C2CCC(C)O2)c(OC)c1Cl. The van der Waals surface area contributed by atoms with Gasteiger partial charge in [0.05, 0.1) is 31.8 Å². The first-order valence-corrected chi connectivity index (χ1v) is 7.09. The Kier molecular flexibility index (Phi) is 4.82. The van der Waals surface area contributed by atoms with E-state index in [0.717, 1.165) is 18.4 Å². The molecule has 1 aromatic rings. The average Bonchev–Trinajstić information content (AvgIpc) is 2.84. The van der Waals surface area contributed by atoms with Crippen LogP contribution >= 0.6 is 23.2 Å². The summed E-state index contributed by atoms with van der Waals surface area (Å²) < 4.78 is 16.4. The minimum Gasteiger partial charge on any atom is -0.495 e. The van der Waals surface area contributed by atoms with E-state index < -0.39 is 0 Å². The number of halogens is 2. The third kappa shape index (κ3) is 2.93. The standard InChI is InChI=1S/C14H18Cl2O3/c1-8-4-6-11(19-8)12(15)9-5-7-10(17-2)13(16)14(9)18-3/h5,7-8,11-12H,4,6H2,1-3H3. The largest absolute Gasteiger partial charge is 0.495 e. The van der Waals surface area contributed by atoms with Crippen LogP contribution in [0.1, 0.15) is 30.7 Å². The fourth-order valence-electron chi connectivity index (χ4n) is 2.38. The molecule has 0 amide bonds. The Morgan fingerprint density at radius 2 is 2.00 bits per heavy atom.